The van der Waals surface area contributed by atoms with Crippen molar-refractivity contribution in [2.24, 2.45) is 0 Å². The molecule has 0 saturated heterocycles. The van der Waals surface area contributed by atoms with Gasteiger partial charge in [0.1, 0.15) is 0 Å². The molecule has 1 aromatic rings. The van der Waals surface area contributed by atoms with Crippen LogP contribution < -0.4 is 5.73 Å². The highest BCUT2D eigenvalue weighted by molar-refractivity contribution is 6.31. The molecule has 12 heavy (non-hydrogen) atoms. The molecule has 0 heterocycles. The molecule has 0 fully saturated rings. The molecule has 0 aliphatic rings. The second kappa shape index (κ2) is 3.15. The summed E-state index contributed by atoms with van der Waals surface area (Å²) in [7, 11) is 0. The van der Waals surface area contributed by atoms with Gasteiger partial charge in [0.05, 0.1) is 0 Å². The number of carbonyl (C=O) groups is 1. The summed E-state index contributed by atoms with van der Waals surface area (Å²) in [5.74, 6) is -0.0262. The Morgan fingerprint density at radius 1 is 1.50 bits per heavy atom. The van der Waals surface area contributed by atoms with Crippen LogP contribution in [0.15, 0.2) is 12.1 Å². The second-order valence-electron chi connectivity index (χ2n) is 2.74. The van der Waals surface area contributed by atoms with E-state index in [1.165, 1.54) is 6.92 Å². The molecule has 0 spiro atoms. The standard InChI is InChI=1S/C9H10ClNO/c1-5-3-7(10)4-8(11)9(5)6(2)12/h3-4H,11H2,1-2H3. The lowest BCUT2D eigenvalue weighted by Gasteiger charge is -2.05. The molecule has 0 bridgehead atoms. The van der Waals surface area contributed by atoms with E-state index in [1.54, 1.807) is 12.1 Å². The van der Waals surface area contributed by atoms with Crippen molar-refractivity contribution in [2.45, 2.75) is 13.8 Å². The molecule has 3 heteroatoms. The first-order valence-corrected chi connectivity index (χ1v) is 3.96. The number of nitrogen functional groups attached to an aromatic ring is 1. The number of hydrogen-bond acceptors (Lipinski definition) is 2. The maximum atomic E-state index is 11.1. The summed E-state index contributed by atoms with van der Waals surface area (Å²) in [5.41, 5.74) is 7.46. The topological polar surface area (TPSA) is 43.1 Å². The molecule has 1 rings (SSSR count). The Hall–Kier alpha value is -1.02. The first-order valence-electron chi connectivity index (χ1n) is 3.59. The maximum Gasteiger partial charge on any atom is 0.162 e. The van der Waals surface area contributed by atoms with Gasteiger partial charge in [0.15, 0.2) is 5.78 Å². The quantitative estimate of drug-likeness (QED) is 0.537. The van der Waals surface area contributed by atoms with Gasteiger partial charge in [0.25, 0.3) is 0 Å². The van der Waals surface area contributed by atoms with Crippen LogP contribution in [-0.4, -0.2) is 5.78 Å². The monoisotopic (exact) mass is 183 g/mol. The first-order chi connectivity index (χ1) is 5.52. The average molecular weight is 184 g/mol. The molecular formula is C9H10ClNO. The average Bonchev–Trinajstić information content (AvgIpc) is 1.82. The van der Waals surface area contributed by atoms with Gasteiger partial charge in [-0.15, -0.1) is 0 Å². The molecular weight excluding hydrogens is 174 g/mol. The molecule has 0 aliphatic carbocycles. The number of anilines is 1. The SMILES string of the molecule is CC(=O)c1c(C)cc(Cl)cc1N. The van der Waals surface area contributed by atoms with Crippen molar-refractivity contribution in [1.29, 1.82) is 0 Å². The Labute approximate surface area is 76.3 Å². The molecule has 0 aromatic heterocycles. The highest BCUT2D eigenvalue weighted by atomic mass is 35.5. The van der Waals surface area contributed by atoms with Crippen molar-refractivity contribution >= 4 is 23.1 Å². The van der Waals surface area contributed by atoms with E-state index < -0.39 is 0 Å². The smallest absolute Gasteiger partial charge is 0.162 e. The summed E-state index contributed by atoms with van der Waals surface area (Å²) in [6.45, 7) is 3.31. The molecule has 0 amide bonds. The van der Waals surface area contributed by atoms with Gasteiger partial charge in [-0.3, -0.25) is 4.79 Å². The number of aryl methyl sites for hydroxylation is 1. The zero-order chi connectivity index (χ0) is 9.30. The highest BCUT2D eigenvalue weighted by Crippen LogP contribution is 2.22. The van der Waals surface area contributed by atoms with Gasteiger partial charge >= 0.3 is 0 Å². The molecule has 0 saturated carbocycles. The fourth-order valence-electron chi connectivity index (χ4n) is 1.25. The fraction of sp³-hybridized carbons (Fsp3) is 0.222. The maximum absolute atomic E-state index is 11.1. The van der Waals surface area contributed by atoms with Crippen molar-refractivity contribution in [3.63, 3.8) is 0 Å². The highest BCUT2D eigenvalue weighted by Gasteiger charge is 2.08. The van der Waals surface area contributed by atoms with E-state index in [9.17, 15) is 4.79 Å². The third-order valence-electron chi connectivity index (χ3n) is 1.68. The molecule has 1 aromatic carbocycles. The Bertz CT molecular complexity index is 310. The van der Waals surface area contributed by atoms with E-state index in [0.717, 1.165) is 5.56 Å². The van der Waals surface area contributed by atoms with Crippen LogP contribution in [0.1, 0.15) is 22.8 Å². The number of nitrogens with two attached hydrogens (primary N) is 1. The Kier molecular flexibility index (Phi) is 2.38. The number of ketones is 1. The van der Waals surface area contributed by atoms with E-state index in [-0.39, 0.29) is 5.78 Å². The molecule has 0 unspecified atom stereocenters. The summed E-state index contributed by atoms with van der Waals surface area (Å²) >= 11 is 5.74. The minimum atomic E-state index is -0.0262. The largest absolute Gasteiger partial charge is 0.398 e. The van der Waals surface area contributed by atoms with E-state index >= 15 is 0 Å². The van der Waals surface area contributed by atoms with Crippen molar-refractivity contribution in [3.05, 3.63) is 28.3 Å². The third-order valence-corrected chi connectivity index (χ3v) is 1.90. The van der Waals surface area contributed by atoms with Gasteiger partial charge in [-0.05, 0) is 31.5 Å². The van der Waals surface area contributed by atoms with Crippen LogP contribution in [-0.2, 0) is 0 Å². The van der Waals surface area contributed by atoms with Gasteiger partial charge in [0.2, 0.25) is 0 Å². The lowest BCUT2D eigenvalue weighted by molar-refractivity contribution is 0.101. The van der Waals surface area contributed by atoms with Crippen molar-refractivity contribution in [2.75, 3.05) is 5.73 Å². The van der Waals surface area contributed by atoms with Crippen LogP contribution in [0.4, 0.5) is 5.69 Å². The van der Waals surface area contributed by atoms with Crippen LogP contribution in [0.5, 0.6) is 0 Å². The number of rotatable bonds is 1. The zero-order valence-corrected chi connectivity index (χ0v) is 7.77. The normalized spacial score (nSPS) is 9.92. The lowest BCUT2D eigenvalue weighted by Crippen LogP contribution is -2.02. The number of carbonyl (C=O) groups excluding carboxylic acids is 1. The van der Waals surface area contributed by atoms with Crippen LogP contribution in [0.25, 0.3) is 0 Å². The molecule has 2 N–H and O–H groups in total. The van der Waals surface area contributed by atoms with Crippen LogP contribution in [0, 0.1) is 6.92 Å². The minimum Gasteiger partial charge on any atom is -0.398 e. The Morgan fingerprint density at radius 3 is 2.50 bits per heavy atom. The second-order valence-corrected chi connectivity index (χ2v) is 3.18. The molecule has 0 atom stereocenters. The van der Waals surface area contributed by atoms with E-state index in [2.05, 4.69) is 0 Å². The summed E-state index contributed by atoms with van der Waals surface area (Å²) in [6.07, 6.45) is 0. The molecule has 2 nitrogen and oxygen atoms in total. The molecule has 0 aliphatic heterocycles. The third kappa shape index (κ3) is 1.59. The van der Waals surface area contributed by atoms with Gasteiger partial charge in [-0.25, -0.2) is 0 Å². The number of benzene rings is 1. The molecule has 0 radical (unpaired) electrons. The number of Topliss-reactive ketones (excluding diaryl/α,β-unsaturated/α-hetero) is 1. The summed E-state index contributed by atoms with van der Waals surface area (Å²) in [6, 6.07) is 3.32. The fourth-order valence-corrected chi connectivity index (χ4v) is 1.53. The summed E-state index contributed by atoms with van der Waals surface area (Å²) < 4.78 is 0. The summed E-state index contributed by atoms with van der Waals surface area (Å²) in [4.78, 5) is 11.1. The van der Waals surface area contributed by atoms with Crippen molar-refractivity contribution in [1.82, 2.24) is 0 Å². The van der Waals surface area contributed by atoms with E-state index in [0.29, 0.717) is 16.3 Å². The van der Waals surface area contributed by atoms with Crippen LogP contribution >= 0.6 is 11.6 Å². The lowest BCUT2D eigenvalue weighted by atomic mass is 10.0. The van der Waals surface area contributed by atoms with Crippen LogP contribution in [0.2, 0.25) is 5.02 Å². The van der Waals surface area contributed by atoms with Crippen molar-refractivity contribution < 1.29 is 4.79 Å². The Balaban J connectivity index is 3.38. The van der Waals surface area contributed by atoms with Gasteiger partial charge in [-0.1, -0.05) is 11.6 Å². The predicted octanol–water partition coefficient (Wildman–Crippen LogP) is 2.43. The zero-order valence-electron chi connectivity index (χ0n) is 7.02. The number of hydrogen-bond donors (Lipinski definition) is 1. The van der Waals surface area contributed by atoms with Gasteiger partial charge in [-0.2, -0.15) is 0 Å². The van der Waals surface area contributed by atoms with Crippen molar-refractivity contribution in [3.8, 4) is 0 Å². The predicted molar refractivity (Wildman–Crippen MR) is 50.6 cm³/mol. The van der Waals surface area contributed by atoms with E-state index in [4.69, 9.17) is 17.3 Å². The molecule has 64 valence electrons. The minimum absolute atomic E-state index is 0.0262. The Morgan fingerprint density at radius 2 is 2.08 bits per heavy atom. The van der Waals surface area contributed by atoms with Gasteiger partial charge < -0.3 is 5.73 Å². The summed E-state index contributed by atoms with van der Waals surface area (Å²) in [5, 5.41) is 0.565. The van der Waals surface area contributed by atoms with E-state index in [1.807, 2.05) is 6.92 Å². The number of halogens is 1. The first kappa shape index (κ1) is 9.07. The van der Waals surface area contributed by atoms with Crippen LogP contribution in [0.3, 0.4) is 0 Å². The van der Waals surface area contributed by atoms with Gasteiger partial charge in [0, 0.05) is 16.3 Å².